The third kappa shape index (κ3) is 8.12. The molecule has 9 atom stereocenters. The van der Waals surface area contributed by atoms with Gasteiger partial charge < -0.3 is 24.6 Å². The van der Waals surface area contributed by atoms with Gasteiger partial charge >= 0.3 is 6.09 Å². The van der Waals surface area contributed by atoms with Crippen LogP contribution in [0.25, 0.3) is 31.3 Å². The molecule has 0 aromatic heterocycles. The van der Waals surface area contributed by atoms with Crippen LogP contribution < -0.4 is 0 Å². The highest BCUT2D eigenvalue weighted by Gasteiger charge is 2.46. The number of ether oxygens (including phenoxy) is 2. The van der Waals surface area contributed by atoms with Crippen LogP contribution in [-0.4, -0.2) is 69.8 Å². The number of rotatable bonds is 11. The number of aliphatic hydroxyl groups excluding tert-OH is 2. The number of amides is 1. The summed E-state index contributed by atoms with van der Waals surface area (Å²) in [5.74, 6) is -0.113. The predicted molar refractivity (Wildman–Crippen MR) is 160 cm³/mol. The fraction of sp³-hybridized carbons (Fsp3) is 0.552. The molecule has 0 spiro atoms. The van der Waals surface area contributed by atoms with E-state index in [1.165, 1.54) is 0 Å². The topological polar surface area (TPSA) is 226 Å². The zero-order chi connectivity index (χ0) is 31.5. The number of carbonyl (C=O) groups excluding carboxylic acids is 1. The Hall–Kier alpha value is -4.48. The Morgan fingerprint density at radius 1 is 0.864 bits per heavy atom. The average molecular weight is 605 g/mol. The maximum Gasteiger partial charge on any atom is 0.410 e. The Kier molecular flexibility index (Phi) is 11.7. The summed E-state index contributed by atoms with van der Waals surface area (Å²) >= 11 is 0. The minimum absolute atomic E-state index is 0.0339. The molecule has 2 aromatic carbocycles. The predicted octanol–water partition coefficient (Wildman–Crippen LogP) is 5.93. The molecule has 2 N–H and O–H groups in total. The van der Waals surface area contributed by atoms with E-state index in [2.05, 4.69) is 30.1 Å². The number of azide groups is 3. The normalized spacial score (nSPS) is 28.7. The Labute approximate surface area is 254 Å². The number of hydrogen-bond acceptors (Lipinski definition) is 8. The first-order chi connectivity index (χ1) is 21.4. The van der Waals surface area contributed by atoms with E-state index in [-0.39, 0.29) is 25.0 Å². The second kappa shape index (κ2) is 15.8. The molecule has 2 aliphatic rings. The van der Waals surface area contributed by atoms with Gasteiger partial charge in [-0.15, -0.1) is 0 Å². The summed E-state index contributed by atoms with van der Waals surface area (Å²) in [5, 5.41) is 32.7. The third-order valence-electron chi connectivity index (χ3n) is 8.48. The second-order valence-corrected chi connectivity index (χ2v) is 11.1. The first kappa shape index (κ1) is 32.4. The molecule has 0 unspecified atom stereocenters. The number of hydrogen-bond donors (Lipinski definition) is 2. The molecular formula is C29H36N10O5. The molecule has 2 aliphatic carbocycles. The van der Waals surface area contributed by atoms with Crippen molar-refractivity contribution in [3.8, 4) is 0 Å². The van der Waals surface area contributed by atoms with Crippen molar-refractivity contribution in [2.45, 2.75) is 94.3 Å². The van der Waals surface area contributed by atoms with Gasteiger partial charge in [0.05, 0.1) is 36.4 Å². The largest absolute Gasteiger partial charge is 0.445 e. The maximum absolute atomic E-state index is 13.5. The zero-order valence-electron chi connectivity index (χ0n) is 24.3. The lowest BCUT2D eigenvalue weighted by Crippen LogP contribution is -2.57. The molecule has 15 nitrogen and oxygen atoms in total. The monoisotopic (exact) mass is 604 g/mol. The molecule has 0 heterocycles. The molecular weight excluding hydrogens is 568 g/mol. The molecule has 0 radical (unpaired) electrons. The van der Waals surface area contributed by atoms with Crippen molar-refractivity contribution in [3.63, 3.8) is 0 Å². The Morgan fingerprint density at radius 2 is 1.45 bits per heavy atom. The van der Waals surface area contributed by atoms with Crippen molar-refractivity contribution in [2.75, 3.05) is 0 Å². The van der Waals surface area contributed by atoms with Crippen molar-refractivity contribution in [1.29, 1.82) is 0 Å². The molecule has 232 valence electrons. The van der Waals surface area contributed by atoms with E-state index in [0.29, 0.717) is 25.8 Å². The van der Waals surface area contributed by atoms with E-state index in [1.54, 1.807) is 4.90 Å². The van der Waals surface area contributed by atoms with Gasteiger partial charge in [-0.05, 0) is 66.2 Å². The molecule has 2 aromatic rings. The van der Waals surface area contributed by atoms with E-state index in [9.17, 15) is 20.5 Å². The van der Waals surface area contributed by atoms with E-state index < -0.39 is 48.6 Å². The zero-order valence-corrected chi connectivity index (χ0v) is 24.3. The first-order valence-electron chi connectivity index (χ1n) is 14.5. The quantitative estimate of drug-likeness (QED) is 0.180. The van der Waals surface area contributed by atoms with E-state index >= 15 is 0 Å². The van der Waals surface area contributed by atoms with Crippen LogP contribution in [0.4, 0.5) is 4.79 Å². The van der Waals surface area contributed by atoms with Crippen LogP contribution in [-0.2, 0) is 22.6 Å². The van der Waals surface area contributed by atoms with Crippen molar-refractivity contribution in [1.82, 2.24) is 4.90 Å². The summed E-state index contributed by atoms with van der Waals surface area (Å²) in [5.41, 5.74) is 29.0. The fourth-order valence-electron chi connectivity index (χ4n) is 6.04. The highest BCUT2D eigenvalue weighted by molar-refractivity contribution is 5.68. The van der Waals surface area contributed by atoms with Crippen molar-refractivity contribution >= 4 is 6.09 Å². The Balaban J connectivity index is 1.55. The van der Waals surface area contributed by atoms with E-state index in [0.717, 1.165) is 11.1 Å². The minimum atomic E-state index is -1.53. The smallest absolute Gasteiger partial charge is 0.410 e. The van der Waals surface area contributed by atoms with Crippen LogP contribution in [0.15, 0.2) is 76.0 Å². The first-order valence-corrected chi connectivity index (χ1v) is 14.5. The molecule has 0 bridgehead atoms. The second-order valence-electron chi connectivity index (χ2n) is 11.1. The van der Waals surface area contributed by atoms with Gasteiger partial charge in [-0.2, -0.15) is 0 Å². The highest BCUT2D eigenvalue weighted by atomic mass is 16.6. The summed E-state index contributed by atoms with van der Waals surface area (Å²) in [6, 6.07) is 16.1. The van der Waals surface area contributed by atoms with Crippen molar-refractivity contribution in [3.05, 3.63) is 103 Å². The van der Waals surface area contributed by atoms with Crippen LogP contribution in [0.5, 0.6) is 0 Å². The van der Waals surface area contributed by atoms with Gasteiger partial charge in [-0.1, -0.05) is 76.0 Å². The molecule has 15 heteroatoms. The lowest BCUT2D eigenvalue weighted by Gasteiger charge is -2.45. The fourth-order valence-corrected chi connectivity index (χ4v) is 6.04. The molecule has 2 saturated carbocycles. The molecule has 0 saturated heterocycles. The lowest BCUT2D eigenvalue weighted by molar-refractivity contribution is -0.160. The van der Waals surface area contributed by atoms with E-state index in [4.69, 9.17) is 20.5 Å². The van der Waals surface area contributed by atoms with Crippen LogP contribution >= 0.6 is 0 Å². The number of benzene rings is 2. The number of aliphatic hydroxyl groups is 2. The van der Waals surface area contributed by atoms with Crippen molar-refractivity contribution < 1.29 is 24.5 Å². The van der Waals surface area contributed by atoms with Crippen LogP contribution in [0.2, 0.25) is 0 Å². The summed E-state index contributed by atoms with van der Waals surface area (Å²) in [6.07, 6.45) is -3.92. The number of nitrogens with zero attached hydrogens (tertiary/aromatic N) is 10. The molecule has 0 aliphatic heterocycles. The van der Waals surface area contributed by atoms with Gasteiger partial charge in [0.25, 0.3) is 0 Å². The van der Waals surface area contributed by atoms with Gasteiger partial charge in [0.15, 0.2) is 0 Å². The standard InChI is InChI=1S/C29H36N10O5/c1-18(39(16-19-8-4-2-5-9-19)29(42)43-17-20-10-6-3-7-11-20)21-12-13-22(33-36-30)25(14-21)44-28-24(35-38-32)15-23(34-37-31)26(40)27(28)41/h2-11,18,21-28,40-41H,12-17H2,1H3/t18-,21-,22-,23-,24+,25+,26+,27-,28-/m1/s1. The maximum atomic E-state index is 13.5. The molecule has 1 amide bonds. The Bertz CT molecular complexity index is 1380. The molecule has 4 rings (SSSR count). The lowest BCUT2D eigenvalue weighted by atomic mass is 9.79. The summed E-state index contributed by atoms with van der Waals surface area (Å²) in [7, 11) is 0. The van der Waals surface area contributed by atoms with Gasteiger partial charge in [-0.25, -0.2) is 4.79 Å². The van der Waals surface area contributed by atoms with Gasteiger partial charge in [0.1, 0.15) is 12.7 Å². The summed E-state index contributed by atoms with van der Waals surface area (Å²) < 4.78 is 12.0. The third-order valence-corrected chi connectivity index (χ3v) is 8.48. The van der Waals surface area contributed by atoms with Gasteiger partial charge in [-0.3, -0.25) is 0 Å². The van der Waals surface area contributed by atoms with Crippen LogP contribution in [0, 0.1) is 5.92 Å². The van der Waals surface area contributed by atoms with Gasteiger partial charge in [0, 0.05) is 27.3 Å². The summed E-state index contributed by atoms with van der Waals surface area (Å²) in [4.78, 5) is 23.7. The number of carbonyl (C=O) groups is 1. The van der Waals surface area contributed by atoms with Crippen LogP contribution in [0.1, 0.15) is 43.7 Å². The summed E-state index contributed by atoms with van der Waals surface area (Å²) in [6.45, 7) is 2.37. The van der Waals surface area contributed by atoms with Crippen molar-refractivity contribution in [2.24, 2.45) is 21.3 Å². The van der Waals surface area contributed by atoms with Gasteiger partial charge in [0.2, 0.25) is 0 Å². The Morgan fingerprint density at radius 3 is 2.09 bits per heavy atom. The minimum Gasteiger partial charge on any atom is -0.445 e. The SMILES string of the molecule is C[C@H]([C@@H]1CC[C@@H](N=[N+]=[N-])[C@@H](O[C@H]2[C@H](O)[C@@H](O)[C@H](N=[N+]=[N-])C[C@@H]2N=[N+]=[N-])C1)N(Cc1ccccc1)C(=O)OCc1ccccc1. The van der Waals surface area contributed by atoms with Crippen LogP contribution in [0.3, 0.4) is 0 Å². The van der Waals surface area contributed by atoms with E-state index in [1.807, 2.05) is 67.6 Å². The molecule has 2 fully saturated rings. The molecule has 44 heavy (non-hydrogen) atoms. The average Bonchev–Trinajstić information content (AvgIpc) is 3.04. The highest BCUT2D eigenvalue weighted by Crippen LogP contribution is 2.37.